The van der Waals surface area contributed by atoms with E-state index in [0.717, 1.165) is 11.1 Å². The lowest BCUT2D eigenvalue weighted by molar-refractivity contribution is -0.112. The summed E-state index contributed by atoms with van der Waals surface area (Å²) in [5, 5.41) is 12.9. The quantitative estimate of drug-likeness (QED) is 0.256. The fraction of sp³-hybridized carbons (Fsp3) is 0.154. The van der Waals surface area contributed by atoms with E-state index >= 15 is 0 Å². The molecule has 0 aliphatic carbocycles. The summed E-state index contributed by atoms with van der Waals surface area (Å²) in [7, 11) is 0. The van der Waals surface area contributed by atoms with Crippen molar-refractivity contribution >= 4 is 45.2 Å². The minimum atomic E-state index is -0.487. The van der Waals surface area contributed by atoms with Crippen LogP contribution >= 0.6 is 27.5 Å². The predicted octanol–water partition coefficient (Wildman–Crippen LogP) is 6.93. The number of carbonyl (C=O) groups is 1. The smallest absolute Gasteiger partial charge is 0.266 e. The molecule has 0 fully saturated rings. The highest BCUT2D eigenvalue weighted by Gasteiger charge is 2.15. The topological polar surface area (TPSA) is 71.3 Å². The van der Waals surface area contributed by atoms with E-state index in [4.69, 9.17) is 21.1 Å². The van der Waals surface area contributed by atoms with Crippen LogP contribution in [0.1, 0.15) is 23.6 Å². The zero-order valence-electron chi connectivity index (χ0n) is 18.2. The fourth-order valence-corrected chi connectivity index (χ4v) is 3.66. The number of rotatable bonds is 8. The van der Waals surface area contributed by atoms with E-state index in [0.29, 0.717) is 45.5 Å². The second kappa shape index (κ2) is 11.6. The predicted molar refractivity (Wildman–Crippen MR) is 134 cm³/mol. The molecule has 0 heterocycles. The van der Waals surface area contributed by atoms with E-state index in [1.54, 1.807) is 36.4 Å². The van der Waals surface area contributed by atoms with Gasteiger partial charge in [-0.05, 0) is 83.4 Å². The first-order chi connectivity index (χ1) is 15.9. The van der Waals surface area contributed by atoms with Gasteiger partial charge in [0.2, 0.25) is 0 Å². The zero-order chi connectivity index (χ0) is 23.8. The first-order valence-electron chi connectivity index (χ1n) is 10.2. The maximum Gasteiger partial charge on any atom is 0.266 e. The Kier molecular flexibility index (Phi) is 8.53. The number of benzene rings is 3. The Morgan fingerprint density at radius 2 is 1.82 bits per heavy atom. The number of carbonyl (C=O) groups excluding carboxylic acids is 1. The van der Waals surface area contributed by atoms with Gasteiger partial charge in [-0.3, -0.25) is 4.79 Å². The largest absolute Gasteiger partial charge is 0.490 e. The molecule has 0 saturated carbocycles. The first kappa shape index (κ1) is 24.4. The lowest BCUT2D eigenvalue weighted by Crippen LogP contribution is -2.13. The summed E-state index contributed by atoms with van der Waals surface area (Å²) in [4.78, 5) is 12.6. The van der Waals surface area contributed by atoms with E-state index < -0.39 is 5.91 Å². The Morgan fingerprint density at radius 1 is 1.12 bits per heavy atom. The Morgan fingerprint density at radius 3 is 2.45 bits per heavy atom. The molecule has 7 heteroatoms. The number of ether oxygens (including phenoxy) is 2. The third-order valence-corrected chi connectivity index (χ3v) is 5.45. The first-order valence-corrected chi connectivity index (χ1v) is 11.4. The highest BCUT2D eigenvalue weighted by molar-refractivity contribution is 9.10. The minimum absolute atomic E-state index is 0.0280. The van der Waals surface area contributed by atoms with Crippen molar-refractivity contribution in [2.24, 2.45) is 0 Å². The summed E-state index contributed by atoms with van der Waals surface area (Å²) >= 11 is 9.46. The summed E-state index contributed by atoms with van der Waals surface area (Å²) in [5.74, 6) is 0.549. The molecule has 1 amide bonds. The number of nitrogens with zero attached hydrogens (tertiary/aromatic N) is 1. The lowest BCUT2D eigenvalue weighted by atomic mass is 10.1. The molecule has 0 bridgehead atoms. The Balaban J connectivity index is 1.83. The molecule has 3 aromatic carbocycles. The maximum absolute atomic E-state index is 12.6. The molecule has 3 aromatic rings. The molecule has 168 valence electrons. The monoisotopic (exact) mass is 524 g/mol. The number of hydrogen-bond donors (Lipinski definition) is 1. The second-order valence-corrected chi connectivity index (χ2v) is 8.46. The van der Waals surface area contributed by atoms with Crippen molar-refractivity contribution in [2.75, 3.05) is 11.9 Å². The second-order valence-electron chi connectivity index (χ2n) is 7.17. The summed E-state index contributed by atoms with van der Waals surface area (Å²) < 4.78 is 12.4. The van der Waals surface area contributed by atoms with Crippen LogP contribution < -0.4 is 14.8 Å². The van der Waals surface area contributed by atoms with Crippen LogP contribution in [0.25, 0.3) is 6.08 Å². The van der Waals surface area contributed by atoms with E-state index in [9.17, 15) is 10.1 Å². The highest BCUT2D eigenvalue weighted by Crippen LogP contribution is 2.38. The van der Waals surface area contributed by atoms with Crippen LogP contribution in [0.15, 0.2) is 70.7 Å². The lowest BCUT2D eigenvalue weighted by Gasteiger charge is -2.15. The fourth-order valence-electron chi connectivity index (χ4n) is 2.96. The molecular weight excluding hydrogens is 504 g/mol. The molecule has 3 rings (SSSR count). The molecule has 5 nitrogen and oxygen atoms in total. The molecule has 1 N–H and O–H groups in total. The SMILES string of the molecule is CCOc1cc(/C=C(/C#N)C(=O)Nc2ccc(C)cc2)cc(Br)c1OCc1ccc(Cl)cc1. The average Bonchev–Trinajstić information content (AvgIpc) is 2.79. The van der Waals surface area contributed by atoms with Crippen molar-refractivity contribution < 1.29 is 14.3 Å². The van der Waals surface area contributed by atoms with Gasteiger partial charge in [0.1, 0.15) is 18.2 Å². The third kappa shape index (κ3) is 6.85. The molecule has 0 saturated heterocycles. The molecule has 0 aliphatic heterocycles. The highest BCUT2D eigenvalue weighted by atomic mass is 79.9. The molecule has 0 unspecified atom stereocenters. The molecule has 0 atom stereocenters. The number of nitriles is 1. The van der Waals surface area contributed by atoms with Gasteiger partial charge in [0.25, 0.3) is 5.91 Å². The van der Waals surface area contributed by atoms with Crippen molar-refractivity contribution in [1.82, 2.24) is 0 Å². The standard InChI is InChI=1S/C26H22BrClN2O3/c1-3-32-24-14-19(12-20(15-29)26(31)30-22-10-4-17(2)5-11-22)13-23(27)25(24)33-16-18-6-8-21(28)9-7-18/h4-14H,3,16H2,1-2H3,(H,30,31)/b20-12-. The maximum atomic E-state index is 12.6. The van der Waals surface area contributed by atoms with Gasteiger partial charge in [-0.25, -0.2) is 0 Å². The summed E-state index contributed by atoms with van der Waals surface area (Å²) in [5.41, 5.74) is 3.25. The summed E-state index contributed by atoms with van der Waals surface area (Å²) in [6.45, 7) is 4.58. The van der Waals surface area contributed by atoms with Gasteiger partial charge in [-0.1, -0.05) is 41.4 Å². The molecule has 0 aliphatic rings. The van der Waals surface area contributed by atoms with Crippen LogP contribution in [0.5, 0.6) is 11.5 Å². The number of aryl methyl sites for hydroxylation is 1. The van der Waals surface area contributed by atoms with Gasteiger partial charge >= 0.3 is 0 Å². The van der Waals surface area contributed by atoms with Crippen molar-refractivity contribution in [1.29, 1.82) is 5.26 Å². The van der Waals surface area contributed by atoms with Gasteiger partial charge < -0.3 is 14.8 Å². The Bertz CT molecular complexity index is 1200. The molecule has 0 spiro atoms. The van der Waals surface area contributed by atoms with Crippen LogP contribution in [0.3, 0.4) is 0 Å². The number of nitrogens with one attached hydrogen (secondary N) is 1. The van der Waals surface area contributed by atoms with Crippen molar-refractivity contribution in [2.45, 2.75) is 20.5 Å². The number of anilines is 1. The minimum Gasteiger partial charge on any atom is -0.490 e. The molecule has 0 radical (unpaired) electrons. The van der Waals surface area contributed by atoms with Crippen LogP contribution in [-0.4, -0.2) is 12.5 Å². The van der Waals surface area contributed by atoms with Crippen LogP contribution in [0.2, 0.25) is 5.02 Å². The molecular formula is C26H22BrClN2O3. The van der Waals surface area contributed by atoms with Crippen LogP contribution in [0, 0.1) is 18.3 Å². The zero-order valence-corrected chi connectivity index (χ0v) is 20.5. The van der Waals surface area contributed by atoms with Crippen molar-refractivity contribution in [3.05, 3.63) is 92.4 Å². The van der Waals surface area contributed by atoms with Crippen LogP contribution in [0.4, 0.5) is 5.69 Å². The van der Waals surface area contributed by atoms with E-state index in [-0.39, 0.29) is 5.57 Å². The van der Waals surface area contributed by atoms with E-state index in [2.05, 4.69) is 21.2 Å². The van der Waals surface area contributed by atoms with Gasteiger partial charge in [-0.2, -0.15) is 5.26 Å². The Hall–Kier alpha value is -3.27. The van der Waals surface area contributed by atoms with Crippen LogP contribution in [-0.2, 0) is 11.4 Å². The molecule has 33 heavy (non-hydrogen) atoms. The van der Waals surface area contributed by atoms with E-state index in [1.807, 2.05) is 44.2 Å². The number of hydrogen-bond acceptors (Lipinski definition) is 4. The normalized spacial score (nSPS) is 10.9. The third-order valence-electron chi connectivity index (χ3n) is 4.61. The van der Waals surface area contributed by atoms with E-state index in [1.165, 1.54) is 6.08 Å². The van der Waals surface area contributed by atoms with Gasteiger partial charge in [0.15, 0.2) is 11.5 Å². The summed E-state index contributed by atoms with van der Waals surface area (Å²) in [6.07, 6.45) is 1.51. The van der Waals surface area contributed by atoms with Gasteiger partial charge in [-0.15, -0.1) is 0 Å². The molecule has 0 aromatic heterocycles. The Labute approximate surface area is 206 Å². The van der Waals surface area contributed by atoms with Gasteiger partial charge in [0.05, 0.1) is 11.1 Å². The number of halogens is 2. The van der Waals surface area contributed by atoms with Crippen molar-refractivity contribution in [3.63, 3.8) is 0 Å². The van der Waals surface area contributed by atoms with Crippen molar-refractivity contribution in [3.8, 4) is 17.6 Å². The average molecular weight is 526 g/mol. The van der Waals surface area contributed by atoms with Gasteiger partial charge in [0, 0.05) is 10.7 Å². The number of amides is 1. The summed E-state index contributed by atoms with van der Waals surface area (Å²) in [6, 6.07) is 20.2.